The first-order valence-corrected chi connectivity index (χ1v) is 14.1. The van der Waals surface area contributed by atoms with Gasteiger partial charge in [0.25, 0.3) is 5.91 Å². The number of para-hydroxylation sites is 1. The third-order valence-electron chi connectivity index (χ3n) is 7.10. The molecule has 0 N–H and O–H groups in total. The summed E-state index contributed by atoms with van der Waals surface area (Å²) >= 11 is 7.85. The van der Waals surface area contributed by atoms with Crippen molar-refractivity contribution in [3.8, 4) is 0 Å². The second-order valence-electron chi connectivity index (χ2n) is 9.72. The van der Waals surface area contributed by atoms with Gasteiger partial charge in [0.2, 0.25) is 0 Å². The predicted molar refractivity (Wildman–Crippen MR) is 148 cm³/mol. The van der Waals surface area contributed by atoms with Crippen LogP contribution in [-0.4, -0.2) is 60.0 Å². The van der Waals surface area contributed by atoms with Gasteiger partial charge < -0.3 is 14.7 Å². The molecule has 0 unspecified atom stereocenters. The lowest BCUT2D eigenvalue weighted by Gasteiger charge is -2.36. The van der Waals surface area contributed by atoms with Crippen LogP contribution in [0.2, 0.25) is 5.15 Å². The number of halogens is 2. The van der Waals surface area contributed by atoms with Crippen LogP contribution in [0.25, 0.3) is 0 Å². The summed E-state index contributed by atoms with van der Waals surface area (Å²) in [7, 11) is 0. The molecule has 2 aliphatic rings. The van der Waals surface area contributed by atoms with Crippen molar-refractivity contribution in [1.29, 1.82) is 0 Å². The number of carbonyl (C=O) groups is 1. The van der Waals surface area contributed by atoms with Crippen molar-refractivity contribution in [2.45, 2.75) is 30.7 Å². The highest BCUT2D eigenvalue weighted by Gasteiger charge is 2.24. The summed E-state index contributed by atoms with van der Waals surface area (Å²) in [5.74, 6) is 2.11. The van der Waals surface area contributed by atoms with Crippen molar-refractivity contribution in [2.75, 3.05) is 49.1 Å². The molecule has 2 aliphatic heterocycles. The van der Waals surface area contributed by atoms with E-state index in [1.807, 2.05) is 46.2 Å². The van der Waals surface area contributed by atoms with E-state index < -0.39 is 0 Å². The highest BCUT2D eigenvalue weighted by atomic mass is 35.5. The zero-order valence-corrected chi connectivity index (χ0v) is 22.5. The van der Waals surface area contributed by atoms with E-state index in [1.54, 1.807) is 23.9 Å². The maximum absolute atomic E-state index is 14.1. The van der Waals surface area contributed by atoms with E-state index in [0.29, 0.717) is 53.5 Å². The van der Waals surface area contributed by atoms with Gasteiger partial charge >= 0.3 is 0 Å². The minimum absolute atomic E-state index is 0.00560. The van der Waals surface area contributed by atoms with Gasteiger partial charge in [-0.2, -0.15) is 0 Å². The van der Waals surface area contributed by atoms with E-state index in [0.717, 1.165) is 43.2 Å². The van der Waals surface area contributed by atoms with Crippen LogP contribution in [0.15, 0.2) is 59.8 Å². The number of hydrogen-bond acceptors (Lipinski definition) is 6. The Hall–Kier alpha value is -2.84. The lowest BCUT2D eigenvalue weighted by atomic mass is 9.99. The average Bonchev–Trinajstić information content (AvgIpc) is 2.92. The Morgan fingerprint density at radius 1 is 0.973 bits per heavy atom. The zero-order chi connectivity index (χ0) is 25.8. The minimum Gasteiger partial charge on any atom is -0.366 e. The van der Waals surface area contributed by atoms with Gasteiger partial charge in [-0.15, -0.1) is 0 Å². The van der Waals surface area contributed by atoms with Crippen LogP contribution in [0.3, 0.4) is 0 Å². The fourth-order valence-corrected chi connectivity index (χ4v) is 5.82. The topological polar surface area (TPSA) is 52.6 Å². The number of nitrogens with zero attached hydrogens (tertiary/aromatic N) is 5. The van der Waals surface area contributed by atoms with Crippen LogP contribution in [0.4, 0.5) is 15.9 Å². The molecule has 2 saturated heterocycles. The number of anilines is 2. The van der Waals surface area contributed by atoms with E-state index >= 15 is 0 Å². The van der Waals surface area contributed by atoms with Crippen molar-refractivity contribution in [3.63, 3.8) is 0 Å². The Morgan fingerprint density at radius 2 is 1.68 bits per heavy atom. The van der Waals surface area contributed by atoms with E-state index in [4.69, 9.17) is 16.6 Å². The third-order valence-corrected chi connectivity index (χ3v) is 8.21. The summed E-state index contributed by atoms with van der Waals surface area (Å²) in [6.07, 6.45) is 2.33. The molecule has 0 radical (unpaired) electrons. The molecule has 0 aliphatic carbocycles. The van der Waals surface area contributed by atoms with E-state index in [9.17, 15) is 9.18 Å². The molecular formula is C28H31ClFN5OS. The molecule has 9 heteroatoms. The van der Waals surface area contributed by atoms with Crippen LogP contribution in [0, 0.1) is 11.7 Å². The largest absolute Gasteiger partial charge is 0.366 e. The number of piperazine rings is 1. The molecule has 0 bridgehead atoms. The van der Waals surface area contributed by atoms with Crippen LogP contribution in [0.5, 0.6) is 0 Å². The second-order valence-corrected chi connectivity index (χ2v) is 11.0. The van der Waals surface area contributed by atoms with Crippen LogP contribution >= 0.6 is 23.4 Å². The third kappa shape index (κ3) is 6.36. The molecule has 0 saturated carbocycles. The van der Waals surface area contributed by atoms with Gasteiger partial charge in [-0.25, -0.2) is 14.4 Å². The fraction of sp³-hybridized carbons (Fsp3) is 0.393. The molecule has 194 valence electrons. The number of amides is 1. The lowest BCUT2D eigenvalue weighted by Crippen LogP contribution is -2.49. The van der Waals surface area contributed by atoms with Crippen molar-refractivity contribution in [1.82, 2.24) is 14.9 Å². The van der Waals surface area contributed by atoms with Crippen LogP contribution in [0.1, 0.15) is 35.7 Å². The summed E-state index contributed by atoms with van der Waals surface area (Å²) in [6, 6.07) is 16.3. The molecular weight excluding hydrogens is 509 g/mol. The molecule has 37 heavy (non-hydrogen) atoms. The van der Waals surface area contributed by atoms with Gasteiger partial charge in [-0.05, 0) is 48.6 Å². The Kier molecular flexibility index (Phi) is 8.15. The van der Waals surface area contributed by atoms with Gasteiger partial charge in [0.05, 0.1) is 5.69 Å². The first-order valence-electron chi connectivity index (χ1n) is 12.8. The number of carbonyl (C=O) groups excluding carboxylic acids is 1. The normalized spacial score (nSPS) is 16.8. The van der Waals surface area contributed by atoms with E-state index in [1.165, 1.54) is 6.07 Å². The number of aromatic nitrogens is 2. The van der Waals surface area contributed by atoms with Crippen molar-refractivity contribution in [2.24, 2.45) is 5.92 Å². The summed E-state index contributed by atoms with van der Waals surface area (Å²) in [6.45, 7) is 6.63. The maximum Gasteiger partial charge on any atom is 0.253 e. The Bertz CT molecular complexity index is 1230. The number of thioether (sulfide) groups is 1. The molecule has 1 amide bonds. The summed E-state index contributed by atoms with van der Waals surface area (Å²) < 4.78 is 14.1. The Labute approximate surface area is 226 Å². The van der Waals surface area contributed by atoms with Gasteiger partial charge in [0.1, 0.15) is 16.8 Å². The molecule has 1 aromatic heterocycles. The van der Waals surface area contributed by atoms with Gasteiger partial charge in [-0.1, -0.05) is 54.6 Å². The summed E-state index contributed by atoms with van der Waals surface area (Å²) in [5, 5.41) is 1.12. The average molecular weight is 540 g/mol. The number of rotatable bonds is 6. The lowest BCUT2D eigenvalue weighted by molar-refractivity contribution is 0.0746. The van der Waals surface area contributed by atoms with Crippen LogP contribution in [-0.2, 0) is 5.75 Å². The smallest absolute Gasteiger partial charge is 0.253 e. The van der Waals surface area contributed by atoms with E-state index in [-0.39, 0.29) is 11.7 Å². The SMILES string of the molecule is CC1CCN(c2cc(Cl)nc(SCc3ccc(C(=O)N4CCN(c5ccccc5F)CC4)cc3)n2)CC1. The van der Waals surface area contributed by atoms with Crippen molar-refractivity contribution < 1.29 is 9.18 Å². The molecule has 0 spiro atoms. The summed E-state index contributed by atoms with van der Waals surface area (Å²) in [4.78, 5) is 28.3. The van der Waals surface area contributed by atoms with Gasteiger partial charge in [-0.3, -0.25) is 4.79 Å². The predicted octanol–water partition coefficient (Wildman–Crippen LogP) is 5.76. The first-order chi connectivity index (χ1) is 18.0. The fourth-order valence-electron chi connectivity index (χ4n) is 4.78. The van der Waals surface area contributed by atoms with Crippen molar-refractivity contribution >= 4 is 40.8 Å². The highest BCUT2D eigenvalue weighted by molar-refractivity contribution is 7.98. The molecule has 3 aromatic rings. The molecule has 6 nitrogen and oxygen atoms in total. The number of hydrogen-bond donors (Lipinski definition) is 0. The summed E-state index contributed by atoms with van der Waals surface area (Å²) in [5.41, 5.74) is 2.34. The molecule has 2 aromatic carbocycles. The zero-order valence-electron chi connectivity index (χ0n) is 20.9. The molecule has 5 rings (SSSR count). The van der Waals surface area contributed by atoms with Crippen LogP contribution < -0.4 is 9.80 Å². The highest BCUT2D eigenvalue weighted by Crippen LogP contribution is 2.28. The van der Waals surface area contributed by atoms with E-state index in [2.05, 4.69) is 16.8 Å². The number of piperidine rings is 1. The van der Waals surface area contributed by atoms with Gasteiger partial charge in [0, 0.05) is 56.7 Å². The van der Waals surface area contributed by atoms with Gasteiger partial charge in [0.15, 0.2) is 5.16 Å². The quantitative estimate of drug-likeness (QED) is 0.225. The monoisotopic (exact) mass is 539 g/mol. The number of benzene rings is 2. The Balaban J connectivity index is 1.15. The maximum atomic E-state index is 14.1. The second kappa shape index (κ2) is 11.7. The molecule has 3 heterocycles. The minimum atomic E-state index is -0.226. The first kappa shape index (κ1) is 25.8. The standard InChI is InChI=1S/C28H31ClFN5OS/c1-20-10-12-34(13-11-20)26-18-25(29)31-28(32-26)37-19-21-6-8-22(9-7-21)27(36)35-16-14-33(15-17-35)24-5-3-2-4-23(24)30/h2-9,18,20H,10-17,19H2,1H3. The van der Waals surface area contributed by atoms with Crippen molar-refractivity contribution in [3.05, 3.63) is 76.7 Å². The Morgan fingerprint density at radius 3 is 2.38 bits per heavy atom. The molecule has 0 atom stereocenters. The molecule has 2 fully saturated rings.